The lowest BCUT2D eigenvalue weighted by atomic mass is 9.96. The number of fused-ring (bicyclic) bond motifs is 1. The SMILES string of the molecule is [2H]C1([2H])C(=O)N2[C@@H](C(=O)OCc3ccccc3)[C@](C)(C([2H])([2H])N=[N+]=[N-])S[C@@H]21. The molecule has 0 aliphatic carbocycles. The molecule has 120 valence electrons. The number of β-lactam (4-membered cyclic amide) rings is 1. The van der Waals surface area contributed by atoms with Crippen molar-refractivity contribution in [3.8, 4) is 0 Å². The van der Waals surface area contributed by atoms with Crippen LogP contribution < -0.4 is 0 Å². The van der Waals surface area contributed by atoms with Gasteiger partial charge in [-0.1, -0.05) is 35.4 Å². The van der Waals surface area contributed by atoms with E-state index in [-0.39, 0.29) is 6.61 Å². The molecule has 2 saturated heterocycles. The summed E-state index contributed by atoms with van der Waals surface area (Å²) in [4.78, 5) is 28.5. The summed E-state index contributed by atoms with van der Waals surface area (Å²) in [5.74, 6) is -1.79. The molecule has 1 aromatic carbocycles. The Morgan fingerprint density at radius 1 is 1.65 bits per heavy atom. The van der Waals surface area contributed by atoms with Crippen LogP contribution in [0.5, 0.6) is 0 Å². The molecule has 1 amide bonds. The van der Waals surface area contributed by atoms with Crippen LogP contribution in [0.2, 0.25) is 0 Å². The highest BCUT2D eigenvalue weighted by atomic mass is 32.2. The van der Waals surface area contributed by atoms with Crippen molar-refractivity contribution in [1.29, 1.82) is 0 Å². The number of hydrogen-bond acceptors (Lipinski definition) is 5. The average molecular weight is 336 g/mol. The monoisotopic (exact) mass is 336 g/mol. The first-order valence-corrected chi connectivity index (χ1v) is 7.71. The van der Waals surface area contributed by atoms with E-state index in [1.54, 1.807) is 30.3 Å². The van der Waals surface area contributed by atoms with E-state index in [2.05, 4.69) is 10.0 Å². The summed E-state index contributed by atoms with van der Waals surface area (Å²) in [5.41, 5.74) is 9.40. The lowest BCUT2D eigenvalue weighted by molar-refractivity contribution is -0.162. The molecule has 2 fully saturated rings. The molecule has 23 heavy (non-hydrogen) atoms. The van der Waals surface area contributed by atoms with E-state index in [1.165, 1.54) is 6.92 Å². The molecule has 0 unspecified atom stereocenters. The van der Waals surface area contributed by atoms with Crippen molar-refractivity contribution in [2.24, 2.45) is 5.11 Å². The van der Waals surface area contributed by atoms with Crippen molar-refractivity contribution in [3.05, 3.63) is 46.3 Å². The van der Waals surface area contributed by atoms with Crippen molar-refractivity contribution in [3.63, 3.8) is 0 Å². The maximum atomic E-state index is 12.8. The zero-order valence-corrected chi connectivity index (χ0v) is 13.0. The first-order valence-electron chi connectivity index (χ1n) is 8.83. The summed E-state index contributed by atoms with van der Waals surface area (Å²) in [5, 5.41) is 2.09. The highest BCUT2D eigenvalue weighted by Crippen LogP contribution is 2.51. The quantitative estimate of drug-likeness (QED) is 0.271. The van der Waals surface area contributed by atoms with Crippen molar-refractivity contribution >= 4 is 23.6 Å². The van der Waals surface area contributed by atoms with Crippen LogP contribution >= 0.6 is 11.8 Å². The van der Waals surface area contributed by atoms with Gasteiger partial charge in [-0.3, -0.25) is 4.79 Å². The van der Waals surface area contributed by atoms with Crippen molar-refractivity contribution in [1.82, 2.24) is 4.90 Å². The van der Waals surface area contributed by atoms with E-state index in [0.29, 0.717) is 5.56 Å². The van der Waals surface area contributed by atoms with Gasteiger partial charge in [-0.2, -0.15) is 0 Å². The molecule has 7 nitrogen and oxygen atoms in total. The number of carbonyl (C=O) groups is 2. The molecular weight excluding hydrogens is 316 g/mol. The number of carbonyl (C=O) groups excluding carboxylic acids is 2. The van der Waals surface area contributed by atoms with Crippen LogP contribution in [0.3, 0.4) is 0 Å². The van der Waals surface area contributed by atoms with Crippen LogP contribution in [-0.4, -0.2) is 39.4 Å². The van der Waals surface area contributed by atoms with Crippen molar-refractivity contribution < 1.29 is 19.8 Å². The third-order valence-electron chi connectivity index (χ3n) is 3.65. The first kappa shape index (κ1) is 11.4. The predicted molar refractivity (Wildman–Crippen MR) is 85.3 cm³/mol. The van der Waals surface area contributed by atoms with E-state index < -0.39 is 40.9 Å². The molecule has 8 heteroatoms. The van der Waals surface area contributed by atoms with Crippen molar-refractivity contribution in [2.75, 3.05) is 6.50 Å². The topological polar surface area (TPSA) is 95.4 Å². The summed E-state index contributed by atoms with van der Waals surface area (Å²) in [7, 11) is 0. The third-order valence-corrected chi connectivity index (χ3v) is 5.03. The smallest absolute Gasteiger partial charge is 0.330 e. The van der Waals surface area contributed by atoms with Gasteiger partial charge in [0.1, 0.15) is 12.6 Å². The van der Waals surface area contributed by atoms with Crippen molar-refractivity contribution in [2.45, 2.75) is 36.1 Å². The fourth-order valence-electron chi connectivity index (χ4n) is 2.55. The second kappa shape index (κ2) is 6.14. The van der Waals surface area contributed by atoms with Crippen LogP contribution in [0.15, 0.2) is 35.4 Å². The van der Waals surface area contributed by atoms with Gasteiger partial charge in [-0.25, -0.2) is 4.79 Å². The normalized spacial score (nSPS) is 34.0. The van der Waals surface area contributed by atoms with Crippen LogP contribution in [-0.2, 0) is 20.9 Å². The van der Waals surface area contributed by atoms with E-state index in [0.717, 1.165) is 16.7 Å². The lowest BCUT2D eigenvalue weighted by Crippen LogP contribution is -2.58. The van der Waals surface area contributed by atoms with E-state index in [1.807, 2.05) is 0 Å². The Morgan fingerprint density at radius 3 is 3.09 bits per heavy atom. The Labute approximate surface area is 143 Å². The zero-order chi connectivity index (χ0) is 20.0. The van der Waals surface area contributed by atoms with E-state index in [9.17, 15) is 9.59 Å². The van der Waals surface area contributed by atoms with Crippen LogP contribution in [0.4, 0.5) is 0 Å². The molecule has 1 aromatic rings. The molecule has 2 aliphatic rings. The number of ether oxygens (including phenoxy) is 1. The van der Waals surface area contributed by atoms with E-state index in [4.69, 9.17) is 15.8 Å². The molecule has 0 N–H and O–H groups in total. The minimum absolute atomic E-state index is 0.0823. The zero-order valence-electron chi connectivity index (χ0n) is 16.2. The minimum atomic E-state index is -2.56. The van der Waals surface area contributed by atoms with Gasteiger partial charge in [0, 0.05) is 16.9 Å². The van der Waals surface area contributed by atoms with Crippen LogP contribution in [0.1, 0.15) is 24.3 Å². The largest absolute Gasteiger partial charge is 0.459 e. The average Bonchev–Trinajstić information content (AvgIpc) is 2.94. The van der Waals surface area contributed by atoms with Gasteiger partial charge in [0.2, 0.25) is 5.91 Å². The number of azide groups is 1. The Balaban J connectivity index is 1.92. The molecular formula is C15H16N4O3S. The summed E-state index contributed by atoms with van der Waals surface area (Å²) < 4.78 is 35.4. The minimum Gasteiger partial charge on any atom is -0.459 e. The van der Waals surface area contributed by atoms with Gasteiger partial charge in [0.25, 0.3) is 0 Å². The van der Waals surface area contributed by atoms with Gasteiger partial charge < -0.3 is 9.64 Å². The summed E-state index contributed by atoms with van der Waals surface area (Å²) in [6.07, 6.45) is -2.23. The summed E-state index contributed by atoms with van der Waals surface area (Å²) in [6, 6.07) is 7.39. The Bertz CT molecular complexity index is 834. The number of esters is 1. The number of nitrogens with zero attached hydrogens (tertiary/aromatic N) is 4. The summed E-state index contributed by atoms with van der Waals surface area (Å²) in [6.45, 7) is -1.31. The maximum Gasteiger partial charge on any atom is 0.330 e. The van der Waals surface area contributed by atoms with Gasteiger partial charge in [-0.15, -0.1) is 11.8 Å². The number of thioether (sulfide) groups is 1. The van der Waals surface area contributed by atoms with E-state index >= 15 is 0 Å². The fourth-order valence-corrected chi connectivity index (χ4v) is 3.93. The molecule has 0 saturated carbocycles. The van der Waals surface area contributed by atoms with Gasteiger partial charge >= 0.3 is 5.97 Å². The molecule has 0 spiro atoms. The molecule has 3 atom stereocenters. The van der Waals surface area contributed by atoms with Crippen LogP contribution in [0, 0.1) is 0 Å². The highest BCUT2D eigenvalue weighted by molar-refractivity contribution is 8.01. The number of benzene rings is 1. The summed E-state index contributed by atoms with van der Waals surface area (Å²) >= 11 is 0.768. The lowest BCUT2D eigenvalue weighted by Gasteiger charge is -2.37. The Hall–Kier alpha value is -2.18. The number of amides is 1. The fraction of sp³-hybridized carbons (Fsp3) is 0.467. The molecule has 2 aliphatic heterocycles. The second-order valence-electron chi connectivity index (χ2n) is 5.23. The molecule has 0 radical (unpaired) electrons. The number of rotatable bonds is 5. The van der Waals surface area contributed by atoms with Gasteiger partial charge in [0.05, 0.1) is 16.5 Å². The molecule has 0 bridgehead atoms. The first-order chi connectivity index (χ1) is 12.6. The second-order valence-corrected chi connectivity index (χ2v) is 6.76. The number of hydrogen-bond donors (Lipinski definition) is 0. The third kappa shape index (κ3) is 2.87. The predicted octanol–water partition coefficient (Wildman–Crippen LogP) is 2.47. The standard InChI is InChI=1S/C15H16N4O3S/c1-15(9-17-18-16)13(19-11(20)7-12(19)23-15)14(21)22-8-10-5-3-2-4-6-10/h2-6,12-13H,7-9H2,1H3/t12-,13+,15+/m1/s1/i7D2,9D2. The van der Waals surface area contributed by atoms with Gasteiger partial charge in [0.15, 0.2) is 0 Å². The maximum absolute atomic E-state index is 12.8. The Morgan fingerprint density at radius 2 is 2.39 bits per heavy atom. The molecule has 3 rings (SSSR count). The highest BCUT2D eigenvalue weighted by Gasteiger charge is 2.60. The van der Waals surface area contributed by atoms with Gasteiger partial charge in [-0.05, 0) is 18.0 Å². The molecule has 2 heterocycles. The van der Waals surface area contributed by atoms with Crippen LogP contribution in [0.25, 0.3) is 10.4 Å². The Kier molecular flexibility index (Phi) is 3.03. The molecule has 0 aromatic heterocycles.